The molecule has 0 aliphatic carbocycles. The molecule has 0 fully saturated rings. The molecule has 1 amide bonds. The van der Waals surface area contributed by atoms with Crippen LogP contribution in [0.4, 0.5) is 0 Å². The third-order valence-electron chi connectivity index (χ3n) is 3.68. The van der Waals surface area contributed by atoms with Crippen molar-refractivity contribution in [1.82, 2.24) is 10.3 Å². The van der Waals surface area contributed by atoms with E-state index in [-0.39, 0.29) is 12.5 Å². The van der Waals surface area contributed by atoms with E-state index in [1.807, 2.05) is 12.1 Å². The van der Waals surface area contributed by atoms with Gasteiger partial charge in [0.05, 0.1) is 0 Å². The summed E-state index contributed by atoms with van der Waals surface area (Å²) in [5.74, 6) is -0.208. The molecule has 0 saturated carbocycles. The summed E-state index contributed by atoms with van der Waals surface area (Å²) in [5, 5.41) is 3.67. The second kappa shape index (κ2) is 6.44. The van der Waals surface area contributed by atoms with Crippen LogP contribution in [0.2, 0.25) is 0 Å². The van der Waals surface area contributed by atoms with Gasteiger partial charge in [0.25, 0.3) is 5.91 Å². The van der Waals surface area contributed by atoms with Crippen molar-refractivity contribution in [3.8, 4) is 0 Å². The molecule has 0 aliphatic rings. The molecule has 5 heteroatoms. The van der Waals surface area contributed by atoms with Crippen molar-refractivity contribution in [3.05, 3.63) is 75.9 Å². The summed E-state index contributed by atoms with van der Waals surface area (Å²) in [5.41, 5.74) is 2.53. The van der Waals surface area contributed by atoms with Gasteiger partial charge in [-0.15, -0.1) is 0 Å². The smallest absolute Gasteiger partial charge is 0.336 e. The molecule has 116 valence electrons. The molecule has 0 spiro atoms. The van der Waals surface area contributed by atoms with Crippen molar-refractivity contribution in [2.75, 3.05) is 0 Å². The zero-order valence-electron chi connectivity index (χ0n) is 12.7. The molecule has 0 unspecified atom stereocenters. The highest BCUT2D eigenvalue weighted by Gasteiger charge is 2.09. The van der Waals surface area contributed by atoms with Crippen LogP contribution in [0.5, 0.6) is 0 Å². The summed E-state index contributed by atoms with van der Waals surface area (Å²) in [6.45, 7) is 2.32. The predicted molar refractivity (Wildman–Crippen MR) is 87.3 cm³/mol. The lowest BCUT2D eigenvalue weighted by molar-refractivity contribution is 0.0951. The zero-order chi connectivity index (χ0) is 16.2. The number of nitrogens with zero attached hydrogens (tertiary/aromatic N) is 1. The molecule has 0 bridgehead atoms. The SMILES string of the molecule is CCc1ccc2oc(=O)cc(CNC(=O)c3ccncc3)c2c1. The number of aryl methyl sites for hydroxylation is 1. The maximum absolute atomic E-state index is 12.1. The van der Waals surface area contributed by atoms with Crippen molar-refractivity contribution in [1.29, 1.82) is 0 Å². The number of pyridine rings is 1. The molecular formula is C18H16N2O3. The fourth-order valence-electron chi connectivity index (χ4n) is 2.42. The molecule has 23 heavy (non-hydrogen) atoms. The largest absolute Gasteiger partial charge is 0.423 e. The maximum atomic E-state index is 12.1. The van der Waals surface area contributed by atoms with Crippen LogP contribution in [-0.2, 0) is 13.0 Å². The van der Waals surface area contributed by atoms with Gasteiger partial charge in [-0.3, -0.25) is 9.78 Å². The van der Waals surface area contributed by atoms with Crippen molar-refractivity contribution in [2.24, 2.45) is 0 Å². The molecule has 2 heterocycles. The third kappa shape index (κ3) is 3.29. The Kier molecular flexibility index (Phi) is 4.19. The van der Waals surface area contributed by atoms with Crippen LogP contribution in [-0.4, -0.2) is 10.9 Å². The number of hydrogen-bond acceptors (Lipinski definition) is 4. The van der Waals surface area contributed by atoms with Crippen molar-refractivity contribution in [3.63, 3.8) is 0 Å². The van der Waals surface area contributed by atoms with Gasteiger partial charge in [0.2, 0.25) is 0 Å². The first-order valence-corrected chi connectivity index (χ1v) is 7.41. The Morgan fingerprint density at radius 2 is 1.96 bits per heavy atom. The maximum Gasteiger partial charge on any atom is 0.336 e. The number of benzene rings is 1. The van der Waals surface area contributed by atoms with Gasteiger partial charge < -0.3 is 9.73 Å². The van der Waals surface area contributed by atoms with E-state index in [4.69, 9.17) is 4.42 Å². The lowest BCUT2D eigenvalue weighted by Crippen LogP contribution is -2.23. The molecular weight excluding hydrogens is 292 g/mol. The molecule has 5 nitrogen and oxygen atoms in total. The predicted octanol–water partition coefficient (Wildman–Crippen LogP) is 2.68. The van der Waals surface area contributed by atoms with Crippen molar-refractivity contribution >= 4 is 16.9 Å². The highest BCUT2D eigenvalue weighted by Crippen LogP contribution is 2.19. The molecule has 3 aromatic rings. The average molecular weight is 308 g/mol. The van der Waals surface area contributed by atoms with E-state index in [0.29, 0.717) is 11.1 Å². The van der Waals surface area contributed by atoms with Gasteiger partial charge in [-0.05, 0) is 41.8 Å². The quantitative estimate of drug-likeness (QED) is 0.752. The van der Waals surface area contributed by atoms with E-state index in [9.17, 15) is 9.59 Å². The number of carbonyl (C=O) groups is 1. The first-order chi connectivity index (χ1) is 11.2. The van der Waals surface area contributed by atoms with Crippen LogP contribution >= 0.6 is 0 Å². The van der Waals surface area contributed by atoms with E-state index < -0.39 is 5.63 Å². The highest BCUT2D eigenvalue weighted by atomic mass is 16.4. The lowest BCUT2D eigenvalue weighted by Gasteiger charge is -2.08. The van der Waals surface area contributed by atoms with E-state index in [0.717, 1.165) is 22.9 Å². The second-order valence-corrected chi connectivity index (χ2v) is 5.19. The Labute approximate surface area is 133 Å². The number of aromatic nitrogens is 1. The third-order valence-corrected chi connectivity index (χ3v) is 3.68. The minimum absolute atomic E-state index is 0.208. The fourth-order valence-corrected chi connectivity index (χ4v) is 2.42. The monoisotopic (exact) mass is 308 g/mol. The van der Waals surface area contributed by atoms with Gasteiger partial charge >= 0.3 is 5.63 Å². The van der Waals surface area contributed by atoms with Crippen LogP contribution in [0.1, 0.15) is 28.4 Å². The molecule has 0 aliphatic heterocycles. The number of nitrogens with one attached hydrogen (secondary N) is 1. The Morgan fingerprint density at radius 1 is 1.17 bits per heavy atom. The lowest BCUT2D eigenvalue weighted by atomic mass is 10.1. The fraction of sp³-hybridized carbons (Fsp3) is 0.167. The Balaban J connectivity index is 1.90. The summed E-state index contributed by atoms with van der Waals surface area (Å²) in [6, 6.07) is 10.4. The number of amides is 1. The first-order valence-electron chi connectivity index (χ1n) is 7.41. The minimum atomic E-state index is -0.421. The number of hydrogen-bond donors (Lipinski definition) is 1. The highest BCUT2D eigenvalue weighted by molar-refractivity contribution is 5.94. The average Bonchev–Trinajstić information content (AvgIpc) is 2.59. The van der Waals surface area contributed by atoms with E-state index >= 15 is 0 Å². The van der Waals surface area contributed by atoms with Crippen molar-refractivity contribution < 1.29 is 9.21 Å². The normalized spacial score (nSPS) is 10.7. The minimum Gasteiger partial charge on any atom is -0.423 e. The molecule has 2 aromatic heterocycles. The van der Waals surface area contributed by atoms with E-state index in [2.05, 4.69) is 17.2 Å². The van der Waals surface area contributed by atoms with Gasteiger partial charge in [-0.2, -0.15) is 0 Å². The molecule has 1 aromatic carbocycles. The number of rotatable bonds is 4. The summed E-state index contributed by atoms with van der Waals surface area (Å²) >= 11 is 0. The van der Waals surface area contributed by atoms with Gasteiger partial charge in [0.1, 0.15) is 5.58 Å². The Morgan fingerprint density at radius 3 is 2.70 bits per heavy atom. The van der Waals surface area contributed by atoms with E-state index in [1.165, 1.54) is 6.07 Å². The standard InChI is InChI=1S/C18H16N2O3/c1-2-12-3-4-16-15(9-12)14(10-17(21)23-16)11-20-18(22)13-5-7-19-8-6-13/h3-10H,2,11H2,1H3,(H,20,22). The topological polar surface area (TPSA) is 72.2 Å². The molecule has 0 atom stereocenters. The molecule has 0 saturated heterocycles. The van der Waals surface area contributed by atoms with Gasteiger partial charge in [-0.1, -0.05) is 13.0 Å². The van der Waals surface area contributed by atoms with Crippen LogP contribution in [0.25, 0.3) is 11.0 Å². The van der Waals surface area contributed by atoms with E-state index in [1.54, 1.807) is 30.6 Å². The Bertz CT molecular complexity index is 901. The molecule has 0 radical (unpaired) electrons. The Hall–Kier alpha value is -2.95. The summed E-state index contributed by atoms with van der Waals surface area (Å²) < 4.78 is 5.22. The van der Waals surface area contributed by atoms with Crippen molar-refractivity contribution in [2.45, 2.75) is 19.9 Å². The summed E-state index contributed by atoms with van der Waals surface area (Å²) in [7, 11) is 0. The molecule has 3 rings (SSSR count). The number of carbonyl (C=O) groups excluding carboxylic acids is 1. The summed E-state index contributed by atoms with van der Waals surface area (Å²) in [6.07, 6.45) is 4.02. The first kappa shape index (κ1) is 15.0. The zero-order valence-corrected chi connectivity index (χ0v) is 12.7. The van der Waals surface area contributed by atoms with Crippen LogP contribution in [0, 0.1) is 0 Å². The van der Waals surface area contributed by atoms with Gasteiger partial charge in [-0.25, -0.2) is 4.79 Å². The van der Waals surface area contributed by atoms with Crippen LogP contribution in [0.3, 0.4) is 0 Å². The summed E-state index contributed by atoms with van der Waals surface area (Å²) in [4.78, 5) is 27.7. The molecule has 1 N–H and O–H groups in total. The van der Waals surface area contributed by atoms with Gasteiger partial charge in [0.15, 0.2) is 0 Å². The second-order valence-electron chi connectivity index (χ2n) is 5.19. The van der Waals surface area contributed by atoms with Crippen LogP contribution in [0.15, 0.2) is 58.0 Å². The van der Waals surface area contributed by atoms with Gasteiger partial charge in [0, 0.05) is 36.0 Å². The van der Waals surface area contributed by atoms with Crippen LogP contribution < -0.4 is 10.9 Å². The number of fused-ring (bicyclic) bond motifs is 1.